The van der Waals surface area contributed by atoms with E-state index in [1.807, 2.05) is 0 Å². The monoisotopic (exact) mass is 472 g/mol. The van der Waals surface area contributed by atoms with Crippen LogP contribution in [0, 0.1) is 50.2 Å². The summed E-state index contributed by atoms with van der Waals surface area (Å²) in [6, 6.07) is 0. The Hall–Kier alpha value is -0.420. The van der Waals surface area contributed by atoms with Crippen LogP contribution >= 0.6 is 0 Å². The third kappa shape index (κ3) is 2.42. The quantitative estimate of drug-likeness (QED) is 0.464. The van der Waals surface area contributed by atoms with Crippen molar-refractivity contribution < 1.29 is 20.1 Å². The molecule has 4 saturated carbocycles. The SMILES string of the molecule is CC1(C)CC[C@]23CO[C@@]4(C=C[C@@H]5[C@@]6(C)CC[C@H](O)[C@@](C)(CO)[C@@H]6CC[C@@]5(C)[C@]4(C)C[C@H]2O)[C@@H]3C1. The van der Waals surface area contributed by atoms with Gasteiger partial charge in [-0.25, -0.2) is 0 Å². The average Bonchev–Trinajstić information content (AvgIpc) is 3.04. The first-order valence-corrected chi connectivity index (χ1v) is 14.1. The molecule has 6 rings (SSSR count). The molecule has 34 heavy (non-hydrogen) atoms. The van der Waals surface area contributed by atoms with E-state index in [9.17, 15) is 15.3 Å². The summed E-state index contributed by atoms with van der Waals surface area (Å²) in [5, 5.41) is 33.2. The Morgan fingerprint density at radius 3 is 2.29 bits per heavy atom. The van der Waals surface area contributed by atoms with Gasteiger partial charge < -0.3 is 20.1 Å². The second kappa shape index (κ2) is 6.71. The van der Waals surface area contributed by atoms with Gasteiger partial charge in [0.15, 0.2) is 0 Å². The third-order valence-electron chi connectivity index (χ3n) is 13.7. The van der Waals surface area contributed by atoms with Crippen LogP contribution in [0.1, 0.15) is 92.9 Å². The second-order valence-electron chi connectivity index (χ2n) is 15.4. The Balaban J connectivity index is 1.49. The van der Waals surface area contributed by atoms with Gasteiger partial charge in [-0.3, -0.25) is 0 Å². The van der Waals surface area contributed by atoms with Gasteiger partial charge in [0.2, 0.25) is 0 Å². The first-order chi connectivity index (χ1) is 15.7. The van der Waals surface area contributed by atoms with Crippen LogP contribution in [0.2, 0.25) is 0 Å². The lowest BCUT2D eigenvalue weighted by atomic mass is 9.32. The molecule has 4 heteroatoms. The van der Waals surface area contributed by atoms with Crippen molar-refractivity contribution in [1.82, 2.24) is 0 Å². The molecule has 1 heterocycles. The zero-order valence-electron chi connectivity index (χ0n) is 22.4. The van der Waals surface area contributed by atoms with Crippen molar-refractivity contribution in [2.45, 2.75) is 111 Å². The Kier molecular flexibility index (Phi) is 4.73. The molecule has 1 saturated heterocycles. The molecule has 1 spiro atoms. The molecular formula is C30H48O4. The zero-order valence-corrected chi connectivity index (χ0v) is 22.4. The summed E-state index contributed by atoms with van der Waals surface area (Å²) < 4.78 is 7.01. The van der Waals surface area contributed by atoms with E-state index in [1.165, 1.54) is 6.42 Å². The molecule has 0 aromatic heterocycles. The van der Waals surface area contributed by atoms with Crippen molar-refractivity contribution in [3.05, 3.63) is 12.2 Å². The minimum absolute atomic E-state index is 0.00469. The van der Waals surface area contributed by atoms with Gasteiger partial charge in [-0.1, -0.05) is 53.7 Å². The van der Waals surface area contributed by atoms with E-state index in [0.717, 1.165) is 44.9 Å². The fourth-order valence-electron chi connectivity index (χ4n) is 11.3. The first kappa shape index (κ1) is 23.9. The number of fused-ring (bicyclic) bond motifs is 4. The van der Waals surface area contributed by atoms with Crippen molar-refractivity contribution in [3.63, 3.8) is 0 Å². The molecule has 5 aliphatic carbocycles. The molecule has 0 amide bonds. The lowest BCUT2D eigenvalue weighted by Gasteiger charge is -2.73. The highest BCUT2D eigenvalue weighted by Gasteiger charge is 2.78. The summed E-state index contributed by atoms with van der Waals surface area (Å²) in [5.74, 6) is 1.01. The zero-order chi connectivity index (χ0) is 24.6. The highest BCUT2D eigenvalue weighted by molar-refractivity contribution is 5.35. The van der Waals surface area contributed by atoms with Gasteiger partial charge in [0, 0.05) is 22.2 Å². The minimum Gasteiger partial charge on any atom is -0.396 e. The summed E-state index contributed by atoms with van der Waals surface area (Å²) in [6.45, 7) is 15.1. The first-order valence-electron chi connectivity index (χ1n) is 14.1. The van der Waals surface area contributed by atoms with Crippen LogP contribution in [0.5, 0.6) is 0 Å². The molecule has 0 aromatic carbocycles. The lowest BCUT2D eigenvalue weighted by molar-refractivity contribution is -0.259. The standard InChI is InChI=1S/C30H48O4/c1-24(2)13-14-29-18-34-30(21(29)15-24)12-8-20-25(3)10-9-22(32)26(4,17-31)19(25)7-11-27(20,5)28(30,6)16-23(29)33/h8,12,19-23,31-33H,7,9-11,13-18H2,1-6H3/t19-,20-,21-,22+,23-,25+,26+,27-,28+,29-,30+/m1/s1. The molecule has 0 aromatic rings. The molecule has 6 aliphatic rings. The van der Waals surface area contributed by atoms with Gasteiger partial charge in [-0.05, 0) is 79.4 Å². The van der Waals surface area contributed by atoms with Crippen LogP contribution < -0.4 is 0 Å². The smallest absolute Gasteiger partial charge is 0.0957 e. The number of aliphatic hydroxyl groups excluding tert-OH is 3. The van der Waals surface area contributed by atoms with Crippen LogP contribution in [0.25, 0.3) is 0 Å². The largest absolute Gasteiger partial charge is 0.396 e. The van der Waals surface area contributed by atoms with Crippen molar-refractivity contribution in [2.24, 2.45) is 50.2 Å². The van der Waals surface area contributed by atoms with E-state index in [0.29, 0.717) is 24.4 Å². The maximum Gasteiger partial charge on any atom is 0.0957 e. The fraction of sp³-hybridized carbons (Fsp3) is 0.933. The maximum absolute atomic E-state index is 11.8. The van der Waals surface area contributed by atoms with E-state index in [2.05, 4.69) is 53.7 Å². The highest BCUT2D eigenvalue weighted by atomic mass is 16.5. The molecule has 4 nitrogen and oxygen atoms in total. The summed E-state index contributed by atoms with van der Waals surface area (Å²) in [4.78, 5) is 0. The van der Waals surface area contributed by atoms with E-state index in [-0.39, 0.29) is 45.4 Å². The molecule has 0 radical (unpaired) electrons. The fourth-order valence-corrected chi connectivity index (χ4v) is 11.3. The van der Waals surface area contributed by atoms with Crippen molar-refractivity contribution in [3.8, 4) is 0 Å². The van der Waals surface area contributed by atoms with Crippen molar-refractivity contribution >= 4 is 0 Å². The predicted octanol–water partition coefficient (Wildman–Crippen LogP) is 5.10. The van der Waals surface area contributed by atoms with Crippen molar-refractivity contribution in [1.29, 1.82) is 0 Å². The van der Waals surface area contributed by atoms with Crippen LogP contribution in [0.15, 0.2) is 12.2 Å². The van der Waals surface area contributed by atoms with E-state index < -0.39 is 11.5 Å². The molecule has 5 fully saturated rings. The molecule has 2 bridgehead atoms. The number of ether oxygens (including phenoxy) is 1. The normalized spacial score (nSPS) is 61.7. The molecule has 11 atom stereocenters. The number of allylic oxidation sites excluding steroid dienone is 1. The molecule has 0 unspecified atom stereocenters. The van der Waals surface area contributed by atoms with Crippen LogP contribution in [-0.4, -0.2) is 46.3 Å². The molecule has 3 N–H and O–H groups in total. The van der Waals surface area contributed by atoms with Crippen LogP contribution in [-0.2, 0) is 4.74 Å². The highest BCUT2D eigenvalue weighted by Crippen LogP contribution is 2.79. The molecule has 192 valence electrons. The topological polar surface area (TPSA) is 69.9 Å². The summed E-state index contributed by atoms with van der Waals surface area (Å²) in [5.41, 5.74) is -0.668. The summed E-state index contributed by atoms with van der Waals surface area (Å²) in [7, 11) is 0. The number of rotatable bonds is 1. The minimum atomic E-state index is -0.448. The van der Waals surface area contributed by atoms with Crippen LogP contribution in [0.4, 0.5) is 0 Å². The summed E-state index contributed by atoms with van der Waals surface area (Å²) >= 11 is 0. The Morgan fingerprint density at radius 1 is 0.853 bits per heavy atom. The molecule has 1 aliphatic heterocycles. The molecular weight excluding hydrogens is 424 g/mol. The third-order valence-corrected chi connectivity index (χ3v) is 13.7. The Labute approximate surface area is 206 Å². The predicted molar refractivity (Wildman–Crippen MR) is 133 cm³/mol. The Bertz CT molecular complexity index is 913. The van der Waals surface area contributed by atoms with Crippen molar-refractivity contribution in [2.75, 3.05) is 13.2 Å². The average molecular weight is 473 g/mol. The number of hydrogen-bond acceptors (Lipinski definition) is 4. The second-order valence-corrected chi connectivity index (χ2v) is 15.4. The summed E-state index contributed by atoms with van der Waals surface area (Å²) in [6.07, 6.45) is 12.3. The van der Waals surface area contributed by atoms with E-state index >= 15 is 0 Å². The maximum atomic E-state index is 11.8. The van der Waals surface area contributed by atoms with Gasteiger partial charge in [-0.2, -0.15) is 0 Å². The van der Waals surface area contributed by atoms with Gasteiger partial charge in [0.1, 0.15) is 0 Å². The van der Waals surface area contributed by atoms with Gasteiger partial charge in [0.05, 0.1) is 31.0 Å². The number of hydrogen-bond donors (Lipinski definition) is 3. The number of aliphatic hydroxyl groups is 3. The van der Waals surface area contributed by atoms with E-state index in [1.54, 1.807) is 0 Å². The van der Waals surface area contributed by atoms with Crippen LogP contribution in [0.3, 0.4) is 0 Å². The van der Waals surface area contributed by atoms with Gasteiger partial charge in [0.25, 0.3) is 0 Å². The Morgan fingerprint density at radius 2 is 1.59 bits per heavy atom. The lowest BCUT2D eigenvalue weighted by Crippen LogP contribution is -2.72. The van der Waals surface area contributed by atoms with Gasteiger partial charge in [-0.15, -0.1) is 0 Å². The van der Waals surface area contributed by atoms with Gasteiger partial charge >= 0.3 is 0 Å². The van der Waals surface area contributed by atoms with E-state index in [4.69, 9.17) is 4.74 Å².